The number of anilines is 2. The summed E-state index contributed by atoms with van der Waals surface area (Å²) < 4.78 is 0. The minimum Gasteiger partial charge on any atom is -0.355 e. The van der Waals surface area contributed by atoms with E-state index in [-0.39, 0.29) is 0 Å². The molecule has 3 aromatic carbocycles. The van der Waals surface area contributed by atoms with E-state index in [1.54, 1.807) is 0 Å². The second-order valence-corrected chi connectivity index (χ2v) is 5.06. The molecule has 0 saturated carbocycles. The average Bonchev–Trinajstić information content (AvgIpc) is 2.51. The lowest BCUT2D eigenvalue weighted by Crippen LogP contribution is -1.93. The summed E-state index contributed by atoms with van der Waals surface area (Å²) in [7, 11) is 0. The molecule has 3 rings (SSSR count). The standard InChI is InChI=1S/C19H19N/c1-2-8-15-13-14-19(18-12-7-6-11-17(15)18)20-16-9-4-3-5-10-16/h3-7,9-14,20H,2,8H2,1H3. The van der Waals surface area contributed by atoms with E-state index in [4.69, 9.17) is 0 Å². The van der Waals surface area contributed by atoms with Crippen molar-refractivity contribution >= 4 is 22.1 Å². The number of fused-ring (bicyclic) bond motifs is 1. The fourth-order valence-electron chi connectivity index (χ4n) is 2.63. The predicted octanol–water partition coefficient (Wildman–Crippen LogP) is 5.54. The molecule has 3 aromatic rings. The Bertz CT molecular complexity index is 701. The number of hydrogen-bond donors (Lipinski definition) is 1. The molecule has 0 radical (unpaired) electrons. The van der Waals surface area contributed by atoms with Crippen LogP contribution >= 0.6 is 0 Å². The van der Waals surface area contributed by atoms with E-state index >= 15 is 0 Å². The van der Waals surface area contributed by atoms with E-state index in [1.807, 2.05) is 6.07 Å². The highest BCUT2D eigenvalue weighted by Crippen LogP contribution is 2.29. The maximum absolute atomic E-state index is 3.52. The van der Waals surface area contributed by atoms with Crippen molar-refractivity contribution in [1.29, 1.82) is 0 Å². The van der Waals surface area contributed by atoms with Gasteiger partial charge in [-0.25, -0.2) is 0 Å². The Hall–Kier alpha value is -2.28. The van der Waals surface area contributed by atoms with E-state index in [1.165, 1.54) is 28.4 Å². The molecule has 1 nitrogen and oxygen atoms in total. The second kappa shape index (κ2) is 5.79. The minimum absolute atomic E-state index is 1.13. The second-order valence-electron chi connectivity index (χ2n) is 5.06. The van der Waals surface area contributed by atoms with Gasteiger partial charge in [-0.3, -0.25) is 0 Å². The van der Waals surface area contributed by atoms with E-state index in [0.29, 0.717) is 0 Å². The van der Waals surface area contributed by atoms with Gasteiger partial charge in [-0.15, -0.1) is 0 Å². The number of hydrogen-bond acceptors (Lipinski definition) is 1. The molecule has 0 saturated heterocycles. The Morgan fingerprint density at radius 3 is 2.20 bits per heavy atom. The molecule has 1 heteroatoms. The number of aryl methyl sites for hydroxylation is 1. The zero-order valence-corrected chi connectivity index (χ0v) is 11.8. The molecule has 0 aliphatic heterocycles. The van der Waals surface area contributed by atoms with Crippen molar-refractivity contribution in [3.63, 3.8) is 0 Å². The van der Waals surface area contributed by atoms with Crippen LogP contribution in [0.1, 0.15) is 18.9 Å². The van der Waals surface area contributed by atoms with E-state index in [2.05, 4.69) is 72.9 Å². The van der Waals surface area contributed by atoms with Crippen LogP contribution in [0, 0.1) is 0 Å². The maximum atomic E-state index is 3.52. The van der Waals surface area contributed by atoms with Crippen LogP contribution < -0.4 is 5.32 Å². The molecule has 100 valence electrons. The molecule has 0 spiro atoms. The molecule has 1 N–H and O–H groups in total. The van der Waals surface area contributed by atoms with Crippen LogP contribution in [0.2, 0.25) is 0 Å². The first-order chi connectivity index (χ1) is 9.88. The Balaban J connectivity index is 2.06. The zero-order chi connectivity index (χ0) is 13.8. The van der Waals surface area contributed by atoms with Gasteiger partial charge in [-0.2, -0.15) is 0 Å². The Kier molecular flexibility index (Phi) is 3.69. The minimum atomic E-state index is 1.13. The van der Waals surface area contributed by atoms with Crippen molar-refractivity contribution in [2.75, 3.05) is 5.32 Å². The molecule has 0 heterocycles. The molecular formula is C19H19N. The Morgan fingerprint density at radius 1 is 0.750 bits per heavy atom. The van der Waals surface area contributed by atoms with Gasteiger partial charge in [0.25, 0.3) is 0 Å². The average molecular weight is 261 g/mol. The lowest BCUT2D eigenvalue weighted by atomic mass is 9.99. The van der Waals surface area contributed by atoms with Gasteiger partial charge in [0.05, 0.1) is 0 Å². The summed E-state index contributed by atoms with van der Waals surface area (Å²) in [6.07, 6.45) is 2.31. The number of nitrogens with one attached hydrogen (secondary N) is 1. The maximum Gasteiger partial charge on any atom is 0.0464 e. The van der Waals surface area contributed by atoms with Gasteiger partial charge in [0, 0.05) is 16.8 Å². The van der Waals surface area contributed by atoms with Gasteiger partial charge < -0.3 is 5.32 Å². The predicted molar refractivity (Wildman–Crippen MR) is 87.7 cm³/mol. The summed E-state index contributed by atoms with van der Waals surface area (Å²) >= 11 is 0. The van der Waals surface area contributed by atoms with Gasteiger partial charge in [-0.05, 0) is 35.6 Å². The summed E-state index contributed by atoms with van der Waals surface area (Å²) in [6.45, 7) is 2.23. The highest BCUT2D eigenvalue weighted by atomic mass is 14.9. The Labute approximate surface area is 120 Å². The lowest BCUT2D eigenvalue weighted by Gasteiger charge is -2.13. The SMILES string of the molecule is CCCc1ccc(Nc2ccccc2)c2ccccc12. The van der Waals surface area contributed by atoms with Crippen LogP contribution in [-0.2, 0) is 6.42 Å². The third-order valence-corrected chi connectivity index (χ3v) is 3.59. The van der Waals surface area contributed by atoms with Gasteiger partial charge in [-0.1, -0.05) is 61.9 Å². The van der Waals surface area contributed by atoms with Crippen LogP contribution in [0.15, 0.2) is 66.7 Å². The van der Waals surface area contributed by atoms with Crippen LogP contribution in [0.25, 0.3) is 10.8 Å². The van der Waals surface area contributed by atoms with Crippen molar-refractivity contribution in [3.05, 3.63) is 72.3 Å². The van der Waals surface area contributed by atoms with E-state index in [0.717, 1.165) is 12.1 Å². The van der Waals surface area contributed by atoms with Crippen LogP contribution in [-0.4, -0.2) is 0 Å². The number of rotatable bonds is 4. The summed E-state index contributed by atoms with van der Waals surface area (Å²) in [5.41, 5.74) is 3.73. The zero-order valence-electron chi connectivity index (χ0n) is 11.8. The molecule has 0 aliphatic rings. The van der Waals surface area contributed by atoms with Crippen molar-refractivity contribution in [2.24, 2.45) is 0 Å². The van der Waals surface area contributed by atoms with Crippen LogP contribution in [0.4, 0.5) is 11.4 Å². The third kappa shape index (κ3) is 2.53. The lowest BCUT2D eigenvalue weighted by molar-refractivity contribution is 0.930. The smallest absolute Gasteiger partial charge is 0.0464 e. The molecule has 0 aromatic heterocycles. The summed E-state index contributed by atoms with van der Waals surface area (Å²) in [5, 5.41) is 6.17. The molecule has 0 bridgehead atoms. The molecule has 20 heavy (non-hydrogen) atoms. The molecule has 0 aliphatic carbocycles. The summed E-state index contributed by atoms with van der Waals surface area (Å²) in [5.74, 6) is 0. The summed E-state index contributed by atoms with van der Waals surface area (Å²) in [4.78, 5) is 0. The van der Waals surface area contributed by atoms with Gasteiger partial charge in [0.1, 0.15) is 0 Å². The highest BCUT2D eigenvalue weighted by Gasteiger charge is 2.05. The Morgan fingerprint density at radius 2 is 1.45 bits per heavy atom. The summed E-state index contributed by atoms with van der Waals surface area (Å²) in [6, 6.07) is 23.4. The van der Waals surface area contributed by atoms with Crippen LogP contribution in [0.5, 0.6) is 0 Å². The first-order valence-corrected chi connectivity index (χ1v) is 7.21. The molecule has 0 amide bonds. The topological polar surface area (TPSA) is 12.0 Å². The van der Waals surface area contributed by atoms with Gasteiger partial charge in [0.15, 0.2) is 0 Å². The van der Waals surface area contributed by atoms with Crippen molar-refractivity contribution in [1.82, 2.24) is 0 Å². The van der Waals surface area contributed by atoms with Crippen molar-refractivity contribution in [3.8, 4) is 0 Å². The highest BCUT2D eigenvalue weighted by molar-refractivity contribution is 5.97. The molecule has 0 fully saturated rings. The van der Waals surface area contributed by atoms with Crippen molar-refractivity contribution < 1.29 is 0 Å². The van der Waals surface area contributed by atoms with Gasteiger partial charge >= 0.3 is 0 Å². The van der Waals surface area contributed by atoms with Crippen molar-refractivity contribution in [2.45, 2.75) is 19.8 Å². The quantitative estimate of drug-likeness (QED) is 0.650. The fraction of sp³-hybridized carbons (Fsp3) is 0.158. The first-order valence-electron chi connectivity index (χ1n) is 7.21. The number of para-hydroxylation sites is 1. The number of benzene rings is 3. The molecular weight excluding hydrogens is 242 g/mol. The van der Waals surface area contributed by atoms with Crippen LogP contribution in [0.3, 0.4) is 0 Å². The van der Waals surface area contributed by atoms with E-state index in [9.17, 15) is 0 Å². The first kappa shape index (κ1) is 12.7. The monoisotopic (exact) mass is 261 g/mol. The van der Waals surface area contributed by atoms with E-state index < -0.39 is 0 Å². The fourth-order valence-corrected chi connectivity index (χ4v) is 2.63. The van der Waals surface area contributed by atoms with Gasteiger partial charge in [0.2, 0.25) is 0 Å². The molecule has 0 atom stereocenters. The third-order valence-electron chi connectivity index (χ3n) is 3.59. The normalized spacial score (nSPS) is 10.7. The molecule has 0 unspecified atom stereocenters. The largest absolute Gasteiger partial charge is 0.355 e.